The average Bonchev–Trinajstić information content (AvgIpc) is 3.11. The van der Waals surface area contributed by atoms with Crippen molar-refractivity contribution in [3.8, 4) is 0 Å². The Morgan fingerprint density at radius 1 is 1.10 bits per heavy atom. The minimum atomic E-state index is -3.71. The van der Waals surface area contributed by atoms with Gasteiger partial charge in [0.1, 0.15) is 0 Å². The van der Waals surface area contributed by atoms with E-state index < -0.39 is 22.1 Å². The van der Waals surface area contributed by atoms with Gasteiger partial charge in [-0.2, -0.15) is 0 Å². The molecule has 0 aliphatic carbocycles. The Morgan fingerprint density at radius 2 is 1.79 bits per heavy atom. The summed E-state index contributed by atoms with van der Waals surface area (Å²) in [5, 5.41) is 0.756. The smallest absolute Gasteiger partial charge is 0.307 e. The Kier molecular flexibility index (Phi) is 6.14. The zero-order valence-electron chi connectivity index (χ0n) is 16.1. The van der Waals surface area contributed by atoms with Crippen molar-refractivity contribution in [1.82, 2.24) is 9.71 Å². The number of rotatable bonds is 8. The molecule has 152 valence electrons. The van der Waals surface area contributed by atoms with Crippen molar-refractivity contribution in [1.29, 1.82) is 0 Å². The molecule has 3 rings (SSSR count). The van der Waals surface area contributed by atoms with Crippen LogP contribution in [0.2, 0.25) is 0 Å². The van der Waals surface area contributed by atoms with Gasteiger partial charge in [-0.15, -0.1) is 0 Å². The van der Waals surface area contributed by atoms with E-state index in [1.54, 1.807) is 18.3 Å². The molecule has 0 saturated heterocycles. The molecule has 2 aromatic carbocycles. The Labute approximate surface area is 169 Å². The minimum Gasteiger partial charge on any atom is -0.454 e. The molecule has 8 heteroatoms. The van der Waals surface area contributed by atoms with Crippen LogP contribution in [-0.4, -0.2) is 37.8 Å². The highest BCUT2D eigenvalue weighted by Gasteiger charge is 2.22. The summed E-state index contributed by atoms with van der Waals surface area (Å²) in [6, 6.07) is 13.7. The van der Waals surface area contributed by atoms with Crippen molar-refractivity contribution < 1.29 is 22.7 Å². The monoisotopic (exact) mass is 414 g/mol. The summed E-state index contributed by atoms with van der Waals surface area (Å²) in [5.74, 6) is -0.978. The summed E-state index contributed by atoms with van der Waals surface area (Å²) >= 11 is 0. The number of sulfonamides is 1. The predicted octanol–water partition coefficient (Wildman–Crippen LogP) is 2.96. The Hall–Kier alpha value is -2.97. The lowest BCUT2D eigenvalue weighted by molar-refractivity contribution is -0.146. The van der Waals surface area contributed by atoms with Crippen LogP contribution in [-0.2, 0) is 19.6 Å². The number of Topliss-reactive ketones (excluding diaryl/α,β-unsaturated/α-hetero) is 1. The number of carbonyl (C=O) groups excluding carboxylic acids is 2. The number of carbonyl (C=O) groups is 2. The van der Waals surface area contributed by atoms with Crippen molar-refractivity contribution in [3.05, 3.63) is 65.9 Å². The van der Waals surface area contributed by atoms with Gasteiger partial charge < -0.3 is 9.72 Å². The highest BCUT2D eigenvalue weighted by Crippen LogP contribution is 2.20. The van der Waals surface area contributed by atoms with Gasteiger partial charge in [-0.3, -0.25) is 9.59 Å². The molecule has 0 aliphatic heterocycles. The third-order valence-corrected chi connectivity index (χ3v) is 5.96. The highest BCUT2D eigenvalue weighted by molar-refractivity contribution is 7.89. The summed E-state index contributed by atoms with van der Waals surface area (Å²) in [6.07, 6.45) is 0.430. The van der Waals surface area contributed by atoms with Gasteiger partial charge in [-0.25, -0.2) is 13.1 Å². The maximum atomic E-state index is 12.6. The molecule has 29 heavy (non-hydrogen) atoms. The second kappa shape index (κ2) is 8.59. The molecule has 2 N–H and O–H groups in total. The number of hydrogen-bond donors (Lipinski definition) is 2. The standard InChI is InChI=1S/C21H22N2O5S/c1-14-7-9-16(10-8-14)29(26,27)23-12-11-20(24)28-15(2)21(25)18-13-22-19-6-4-3-5-17(18)19/h3-10,13,15,22-23H,11-12H2,1-2H3/t15-/m1/s1. The van der Waals surface area contributed by atoms with Gasteiger partial charge in [-0.05, 0) is 32.0 Å². The topological polar surface area (TPSA) is 105 Å². The molecule has 3 aromatic rings. The molecule has 1 atom stereocenters. The van der Waals surface area contributed by atoms with E-state index in [1.165, 1.54) is 19.1 Å². The molecule has 1 aromatic heterocycles. The zero-order valence-corrected chi connectivity index (χ0v) is 17.0. The quantitative estimate of drug-likeness (QED) is 0.435. The van der Waals surface area contributed by atoms with Gasteiger partial charge >= 0.3 is 5.97 Å². The van der Waals surface area contributed by atoms with Crippen molar-refractivity contribution in [3.63, 3.8) is 0 Å². The maximum Gasteiger partial charge on any atom is 0.307 e. The van der Waals surface area contributed by atoms with Gasteiger partial charge in [-0.1, -0.05) is 35.9 Å². The van der Waals surface area contributed by atoms with Crippen molar-refractivity contribution in [2.45, 2.75) is 31.3 Å². The first-order valence-electron chi connectivity index (χ1n) is 9.14. The molecule has 1 heterocycles. The molecule has 0 radical (unpaired) electrons. The van der Waals surface area contributed by atoms with Crippen LogP contribution in [0.25, 0.3) is 10.9 Å². The van der Waals surface area contributed by atoms with E-state index >= 15 is 0 Å². The number of aromatic amines is 1. The van der Waals surface area contributed by atoms with Crippen LogP contribution in [0.1, 0.15) is 29.3 Å². The van der Waals surface area contributed by atoms with Crippen LogP contribution in [0.3, 0.4) is 0 Å². The fourth-order valence-corrected chi connectivity index (χ4v) is 3.92. The van der Waals surface area contributed by atoms with E-state index in [0.29, 0.717) is 5.56 Å². The van der Waals surface area contributed by atoms with Gasteiger partial charge in [0.2, 0.25) is 15.8 Å². The number of aryl methyl sites for hydroxylation is 1. The number of esters is 1. The number of para-hydroxylation sites is 1. The summed E-state index contributed by atoms with van der Waals surface area (Å²) in [5.41, 5.74) is 2.21. The second-order valence-corrected chi connectivity index (χ2v) is 8.47. The van der Waals surface area contributed by atoms with Crippen LogP contribution >= 0.6 is 0 Å². The fraction of sp³-hybridized carbons (Fsp3) is 0.238. The molecular weight excluding hydrogens is 392 g/mol. The number of ketones is 1. The number of benzene rings is 2. The van der Waals surface area contributed by atoms with E-state index in [1.807, 2.05) is 31.2 Å². The summed E-state index contributed by atoms with van der Waals surface area (Å²) in [7, 11) is -3.71. The molecule has 0 fully saturated rings. The van der Waals surface area contributed by atoms with Crippen LogP contribution in [0, 0.1) is 6.92 Å². The first kappa shape index (κ1) is 20.8. The lowest BCUT2D eigenvalue weighted by Crippen LogP contribution is -2.29. The Balaban J connectivity index is 1.53. The summed E-state index contributed by atoms with van der Waals surface area (Å²) in [4.78, 5) is 27.8. The van der Waals surface area contributed by atoms with Crippen LogP contribution in [0.5, 0.6) is 0 Å². The number of H-pyrrole nitrogens is 1. The molecule has 0 amide bonds. The highest BCUT2D eigenvalue weighted by atomic mass is 32.2. The molecule has 0 bridgehead atoms. The van der Waals surface area contributed by atoms with E-state index in [9.17, 15) is 18.0 Å². The van der Waals surface area contributed by atoms with Crippen molar-refractivity contribution in [2.24, 2.45) is 0 Å². The van der Waals surface area contributed by atoms with Gasteiger partial charge in [0.05, 0.1) is 11.3 Å². The normalized spacial score (nSPS) is 12.6. The molecule has 0 aliphatic rings. The lowest BCUT2D eigenvalue weighted by atomic mass is 10.1. The maximum absolute atomic E-state index is 12.6. The molecule has 7 nitrogen and oxygen atoms in total. The lowest BCUT2D eigenvalue weighted by Gasteiger charge is -2.12. The van der Waals surface area contributed by atoms with Crippen molar-refractivity contribution >= 4 is 32.7 Å². The molecule has 0 spiro atoms. The average molecular weight is 414 g/mol. The largest absolute Gasteiger partial charge is 0.454 e. The second-order valence-electron chi connectivity index (χ2n) is 6.71. The summed E-state index contributed by atoms with van der Waals surface area (Å²) in [6.45, 7) is 3.24. The number of nitrogens with one attached hydrogen (secondary N) is 2. The molecular formula is C21H22N2O5S. The SMILES string of the molecule is Cc1ccc(S(=O)(=O)NCCC(=O)O[C@H](C)C(=O)c2c[nH]c3ccccc23)cc1. The van der Waals surface area contributed by atoms with Crippen LogP contribution < -0.4 is 4.72 Å². The Morgan fingerprint density at radius 3 is 2.52 bits per heavy atom. The van der Waals surface area contributed by atoms with E-state index in [4.69, 9.17) is 4.74 Å². The minimum absolute atomic E-state index is 0.122. The third kappa shape index (κ3) is 4.90. The fourth-order valence-electron chi connectivity index (χ4n) is 2.89. The van der Waals surface area contributed by atoms with E-state index in [0.717, 1.165) is 16.5 Å². The van der Waals surface area contributed by atoms with Gasteiger partial charge in [0.15, 0.2) is 6.10 Å². The number of fused-ring (bicyclic) bond motifs is 1. The first-order chi connectivity index (χ1) is 13.8. The molecule has 0 saturated carbocycles. The predicted molar refractivity (Wildman–Crippen MR) is 109 cm³/mol. The molecule has 0 unspecified atom stereocenters. The van der Waals surface area contributed by atoms with E-state index in [2.05, 4.69) is 9.71 Å². The number of hydrogen-bond acceptors (Lipinski definition) is 5. The zero-order chi connectivity index (χ0) is 21.0. The van der Waals surface area contributed by atoms with Crippen LogP contribution in [0.15, 0.2) is 59.6 Å². The van der Waals surface area contributed by atoms with E-state index in [-0.39, 0.29) is 23.6 Å². The van der Waals surface area contributed by atoms with Gasteiger partial charge in [0, 0.05) is 29.2 Å². The third-order valence-electron chi connectivity index (χ3n) is 4.48. The van der Waals surface area contributed by atoms with Crippen molar-refractivity contribution in [2.75, 3.05) is 6.54 Å². The summed E-state index contributed by atoms with van der Waals surface area (Å²) < 4.78 is 32.0. The van der Waals surface area contributed by atoms with Crippen LogP contribution in [0.4, 0.5) is 0 Å². The number of ether oxygens (including phenoxy) is 1. The Bertz CT molecular complexity index is 1130. The first-order valence-corrected chi connectivity index (χ1v) is 10.6. The van der Waals surface area contributed by atoms with Gasteiger partial charge in [0.25, 0.3) is 0 Å². The number of aromatic nitrogens is 1.